The second-order valence-corrected chi connectivity index (χ2v) is 6.07. The number of aromatic nitrogens is 2. The first kappa shape index (κ1) is 16.9. The predicted molar refractivity (Wildman–Crippen MR) is 87.1 cm³/mol. The molecule has 1 aliphatic heterocycles. The molecule has 1 saturated heterocycles. The Balaban J connectivity index is 1.81. The molecule has 0 radical (unpaired) electrons. The van der Waals surface area contributed by atoms with E-state index in [9.17, 15) is 14.7 Å². The summed E-state index contributed by atoms with van der Waals surface area (Å²) >= 11 is 0. The van der Waals surface area contributed by atoms with Crippen LogP contribution in [0.15, 0.2) is 28.8 Å². The second-order valence-electron chi connectivity index (χ2n) is 6.07. The molecule has 0 bridgehead atoms. The molecule has 1 aromatic heterocycles. The number of rotatable bonds is 4. The number of nitrogens with zero attached hydrogens (tertiary/aromatic N) is 3. The Hall–Kier alpha value is -2.90. The van der Waals surface area contributed by atoms with E-state index in [0.29, 0.717) is 24.2 Å². The van der Waals surface area contributed by atoms with Crippen LogP contribution in [0, 0.1) is 5.92 Å². The summed E-state index contributed by atoms with van der Waals surface area (Å²) in [4.78, 5) is 29.6. The van der Waals surface area contributed by atoms with Gasteiger partial charge in [0, 0.05) is 18.2 Å². The maximum Gasteiger partial charge on any atom is 0.308 e. The normalized spacial score (nSPS) is 20.3. The van der Waals surface area contributed by atoms with Crippen molar-refractivity contribution < 1.29 is 24.0 Å². The number of benzene rings is 1. The van der Waals surface area contributed by atoms with Crippen molar-refractivity contribution in [3.63, 3.8) is 0 Å². The average Bonchev–Trinajstić information content (AvgIpc) is 3.11. The number of aliphatic carboxylic acids is 1. The van der Waals surface area contributed by atoms with Crippen LogP contribution in [0.1, 0.15) is 30.4 Å². The van der Waals surface area contributed by atoms with E-state index in [0.717, 1.165) is 0 Å². The topological polar surface area (TPSA) is 106 Å². The second kappa shape index (κ2) is 6.92. The fourth-order valence-electron chi connectivity index (χ4n) is 2.90. The highest BCUT2D eigenvalue weighted by molar-refractivity contribution is 5.91. The molecule has 132 valence electrons. The third kappa shape index (κ3) is 3.47. The number of carbonyl (C=O) groups is 2. The Morgan fingerprint density at radius 3 is 2.88 bits per heavy atom. The summed E-state index contributed by atoms with van der Waals surface area (Å²) in [7, 11) is 1.55. The van der Waals surface area contributed by atoms with Gasteiger partial charge in [0.15, 0.2) is 0 Å². The van der Waals surface area contributed by atoms with Crippen LogP contribution in [0.5, 0.6) is 5.75 Å². The first-order valence-corrected chi connectivity index (χ1v) is 8.01. The van der Waals surface area contributed by atoms with Gasteiger partial charge in [-0.25, -0.2) is 0 Å². The molecule has 0 aliphatic carbocycles. The van der Waals surface area contributed by atoms with Crippen molar-refractivity contribution in [2.75, 3.05) is 13.7 Å². The smallest absolute Gasteiger partial charge is 0.308 e. The van der Waals surface area contributed by atoms with E-state index >= 15 is 0 Å². The number of methoxy groups -OCH3 is 1. The van der Waals surface area contributed by atoms with Gasteiger partial charge in [-0.05, 0) is 38.0 Å². The molecule has 1 aromatic carbocycles. The van der Waals surface area contributed by atoms with Gasteiger partial charge in [-0.15, -0.1) is 0 Å². The Labute approximate surface area is 144 Å². The van der Waals surface area contributed by atoms with Crippen LogP contribution in [-0.2, 0) is 4.79 Å². The Bertz CT molecular complexity index is 788. The predicted octanol–water partition coefficient (Wildman–Crippen LogP) is 2.07. The summed E-state index contributed by atoms with van der Waals surface area (Å²) in [5.41, 5.74) is 0.640. The third-order valence-electron chi connectivity index (χ3n) is 4.43. The zero-order chi connectivity index (χ0) is 18.0. The minimum absolute atomic E-state index is 0.0677. The molecule has 2 heterocycles. The molecule has 8 nitrogen and oxygen atoms in total. The molecule has 0 saturated carbocycles. The van der Waals surface area contributed by atoms with E-state index in [2.05, 4.69) is 10.1 Å². The molecule has 8 heteroatoms. The van der Waals surface area contributed by atoms with Crippen molar-refractivity contribution >= 4 is 11.9 Å². The van der Waals surface area contributed by atoms with E-state index in [-0.39, 0.29) is 24.3 Å². The van der Waals surface area contributed by atoms with Crippen molar-refractivity contribution in [2.24, 2.45) is 5.92 Å². The monoisotopic (exact) mass is 345 g/mol. The first-order valence-electron chi connectivity index (χ1n) is 8.01. The van der Waals surface area contributed by atoms with Gasteiger partial charge in [0.25, 0.3) is 17.6 Å². The van der Waals surface area contributed by atoms with E-state index in [4.69, 9.17) is 9.26 Å². The molecular weight excluding hydrogens is 326 g/mol. The fourth-order valence-corrected chi connectivity index (χ4v) is 2.90. The summed E-state index contributed by atoms with van der Waals surface area (Å²) in [6.45, 7) is 2.04. The summed E-state index contributed by atoms with van der Waals surface area (Å²) in [5, 5.41) is 13.0. The van der Waals surface area contributed by atoms with Crippen molar-refractivity contribution in [1.82, 2.24) is 15.0 Å². The minimum Gasteiger partial charge on any atom is -0.497 e. The molecule has 1 amide bonds. The average molecular weight is 345 g/mol. The van der Waals surface area contributed by atoms with Gasteiger partial charge in [-0.3, -0.25) is 9.59 Å². The van der Waals surface area contributed by atoms with Gasteiger partial charge in [0.2, 0.25) is 0 Å². The number of piperidine rings is 1. The lowest BCUT2D eigenvalue weighted by atomic mass is 9.93. The summed E-state index contributed by atoms with van der Waals surface area (Å²) < 4.78 is 10.3. The molecule has 2 unspecified atom stereocenters. The number of likely N-dealkylation sites (tertiary alicyclic amines) is 1. The lowest BCUT2D eigenvalue weighted by Gasteiger charge is -2.35. The third-order valence-corrected chi connectivity index (χ3v) is 4.43. The van der Waals surface area contributed by atoms with E-state index in [1.165, 1.54) is 4.90 Å². The van der Waals surface area contributed by atoms with Gasteiger partial charge in [0.05, 0.1) is 13.0 Å². The molecule has 3 rings (SSSR count). The highest BCUT2D eigenvalue weighted by atomic mass is 16.5. The van der Waals surface area contributed by atoms with Crippen LogP contribution in [0.4, 0.5) is 0 Å². The molecule has 2 atom stereocenters. The van der Waals surface area contributed by atoms with Crippen LogP contribution in [0.2, 0.25) is 0 Å². The Morgan fingerprint density at radius 2 is 2.16 bits per heavy atom. The number of carbonyl (C=O) groups excluding carboxylic acids is 1. The van der Waals surface area contributed by atoms with Crippen LogP contribution < -0.4 is 4.74 Å². The Morgan fingerprint density at radius 1 is 1.36 bits per heavy atom. The van der Waals surface area contributed by atoms with Gasteiger partial charge in [-0.1, -0.05) is 11.2 Å². The van der Waals surface area contributed by atoms with Crippen molar-refractivity contribution in [1.29, 1.82) is 0 Å². The molecule has 25 heavy (non-hydrogen) atoms. The number of ether oxygens (including phenoxy) is 1. The summed E-state index contributed by atoms with van der Waals surface area (Å²) in [5.74, 6) is -1.11. The SMILES string of the molecule is COc1cccc(-c2nc(C(=O)N3CC(C(=O)O)CCC3C)no2)c1. The van der Waals surface area contributed by atoms with Gasteiger partial charge in [0.1, 0.15) is 5.75 Å². The zero-order valence-corrected chi connectivity index (χ0v) is 14.0. The van der Waals surface area contributed by atoms with Crippen molar-refractivity contribution in [3.8, 4) is 17.2 Å². The summed E-state index contributed by atoms with van der Waals surface area (Å²) in [6, 6.07) is 7.00. The highest BCUT2D eigenvalue weighted by Crippen LogP contribution is 2.25. The van der Waals surface area contributed by atoms with Crippen LogP contribution in [0.25, 0.3) is 11.5 Å². The molecule has 0 spiro atoms. The maximum atomic E-state index is 12.7. The number of amides is 1. The molecular formula is C17H19N3O5. The lowest BCUT2D eigenvalue weighted by molar-refractivity contribution is -0.143. The fraction of sp³-hybridized carbons (Fsp3) is 0.412. The maximum absolute atomic E-state index is 12.7. The number of hydrogen-bond donors (Lipinski definition) is 1. The van der Waals surface area contributed by atoms with Crippen LogP contribution >= 0.6 is 0 Å². The Kier molecular flexibility index (Phi) is 4.69. The van der Waals surface area contributed by atoms with E-state index < -0.39 is 17.8 Å². The van der Waals surface area contributed by atoms with Crippen LogP contribution in [-0.4, -0.2) is 51.7 Å². The molecule has 2 aromatic rings. The van der Waals surface area contributed by atoms with Crippen molar-refractivity contribution in [3.05, 3.63) is 30.1 Å². The zero-order valence-electron chi connectivity index (χ0n) is 14.0. The number of hydrogen-bond acceptors (Lipinski definition) is 6. The van der Waals surface area contributed by atoms with E-state index in [1.54, 1.807) is 31.4 Å². The standard InChI is InChI=1S/C17H19N3O5/c1-10-6-7-12(17(22)23)9-20(10)16(21)14-18-15(25-19-14)11-4-3-5-13(8-11)24-2/h3-5,8,10,12H,6-7,9H2,1-2H3,(H,22,23). The first-order chi connectivity index (χ1) is 12.0. The van der Waals surface area contributed by atoms with Gasteiger partial charge >= 0.3 is 5.97 Å². The van der Waals surface area contributed by atoms with Gasteiger partial charge < -0.3 is 19.3 Å². The number of carboxylic acids is 1. The van der Waals surface area contributed by atoms with Crippen LogP contribution in [0.3, 0.4) is 0 Å². The van der Waals surface area contributed by atoms with Gasteiger partial charge in [-0.2, -0.15) is 4.98 Å². The lowest BCUT2D eigenvalue weighted by Crippen LogP contribution is -2.47. The molecule has 1 N–H and O–H groups in total. The molecule has 1 aliphatic rings. The highest BCUT2D eigenvalue weighted by Gasteiger charge is 2.34. The molecule has 1 fully saturated rings. The summed E-state index contributed by atoms with van der Waals surface area (Å²) in [6.07, 6.45) is 1.19. The van der Waals surface area contributed by atoms with Crippen molar-refractivity contribution in [2.45, 2.75) is 25.8 Å². The minimum atomic E-state index is -0.894. The van der Waals surface area contributed by atoms with E-state index in [1.807, 2.05) is 6.92 Å². The largest absolute Gasteiger partial charge is 0.497 e. The quantitative estimate of drug-likeness (QED) is 0.904. The number of carboxylic acid groups (broad SMARTS) is 1.